The Morgan fingerprint density at radius 3 is 2.52 bits per heavy atom. The Hall–Kier alpha value is -2.63. The maximum Gasteiger partial charge on any atom is 0.257 e. The molecule has 0 bridgehead atoms. The van der Waals surface area contributed by atoms with Crippen molar-refractivity contribution >= 4 is 11.7 Å². The van der Waals surface area contributed by atoms with Crippen molar-refractivity contribution in [1.82, 2.24) is 15.3 Å². The normalized spacial score (nSPS) is 10.4. The summed E-state index contributed by atoms with van der Waals surface area (Å²) < 4.78 is 5.58. The van der Waals surface area contributed by atoms with E-state index in [2.05, 4.69) is 20.6 Å². The summed E-state index contributed by atoms with van der Waals surface area (Å²) in [5, 5.41) is 5.98. The minimum absolute atomic E-state index is 0.0218. The van der Waals surface area contributed by atoms with E-state index in [9.17, 15) is 4.79 Å². The van der Waals surface area contributed by atoms with E-state index in [0.717, 1.165) is 5.56 Å². The largest absolute Gasteiger partial charge is 0.472 e. The van der Waals surface area contributed by atoms with Crippen LogP contribution in [0.4, 0.5) is 5.82 Å². The van der Waals surface area contributed by atoms with Crippen molar-refractivity contribution in [3.8, 4) is 5.88 Å². The van der Waals surface area contributed by atoms with Gasteiger partial charge in [0.15, 0.2) is 5.82 Å². The van der Waals surface area contributed by atoms with Crippen LogP contribution in [0.3, 0.4) is 0 Å². The highest BCUT2D eigenvalue weighted by Gasteiger charge is 2.08. The quantitative estimate of drug-likeness (QED) is 0.768. The second kappa shape index (κ2) is 8.12. The molecule has 0 radical (unpaired) electrons. The lowest BCUT2D eigenvalue weighted by Gasteiger charge is -2.13. The zero-order chi connectivity index (χ0) is 16.7. The third-order valence-electron chi connectivity index (χ3n) is 3.03. The lowest BCUT2D eigenvalue weighted by molar-refractivity contribution is 0.0955. The predicted molar refractivity (Wildman–Crippen MR) is 89.8 cm³/mol. The molecule has 1 amide bonds. The first-order valence-electron chi connectivity index (χ1n) is 7.62. The first-order chi connectivity index (χ1) is 11.1. The number of nitrogens with one attached hydrogen (secondary N) is 2. The standard InChI is InChI=1S/C17H22N4O2/c1-12(2)23-17-15(19-9-11-21-17)18-8-10-20-16(22)14-6-4-13(3)5-7-14/h4-7,9,11-12H,8,10H2,1-3H3,(H,18,19)(H,20,22). The molecule has 1 aromatic carbocycles. The number of carbonyl (C=O) groups excluding carboxylic acids is 1. The van der Waals surface area contributed by atoms with E-state index >= 15 is 0 Å². The van der Waals surface area contributed by atoms with Crippen molar-refractivity contribution in [3.63, 3.8) is 0 Å². The molecule has 0 fully saturated rings. The van der Waals surface area contributed by atoms with Gasteiger partial charge < -0.3 is 15.4 Å². The maximum absolute atomic E-state index is 12.0. The van der Waals surface area contributed by atoms with Gasteiger partial charge in [0.1, 0.15) is 0 Å². The van der Waals surface area contributed by atoms with E-state index in [1.54, 1.807) is 12.4 Å². The molecule has 0 saturated heterocycles. The third kappa shape index (κ3) is 5.25. The van der Waals surface area contributed by atoms with E-state index in [1.165, 1.54) is 0 Å². The minimum atomic E-state index is -0.0930. The van der Waals surface area contributed by atoms with Crippen LogP contribution in [0.15, 0.2) is 36.7 Å². The number of hydrogen-bond donors (Lipinski definition) is 2. The van der Waals surface area contributed by atoms with Gasteiger partial charge in [-0.15, -0.1) is 0 Å². The Labute approximate surface area is 136 Å². The molecule has 0 spiro atoms. The molecule has 0 aliphatic carbocycles. The summed E-state index contributed by atoms with van der Waals surface area (Å²) >= 11 is 0. The van der Waals surface area contributed by atoms with Crippen molar-refractivity contribution in [2.45, 2.75) is 26.9 Å². The summed E-state index contributed by atoms with van der Waals surface area (Å²) in [5.74, 6) is 0.947. The number of rotatable bonds is 7. The number of benzene rings is 1. The number of carbonyl (C=O) groups is 1. The molecule has 1 aromatic heterocycles. The van der Waals surface area contributed by atoms with Crippen LogP contribution >= 0.6 is 0 Å². The first kappa shape index (κ1) is 16.7. The van der Waals surface area contributed by atoms with Crippen molar-refractivity contribution in [2.75, 3.05) is 18.4 Å². The SMILES string of the molecule is Cc1ccc(C(=O)NCCNc2nccnc2OC(C)C)cc1. The molecule has 0 saturated carbocycles. The number of aromatic nitrogens is 2. The summed E-state index contributed by atoms with van der Waals surface area (Å²) in [4.78, 5) is 20.3. The average molecular weight is 314 g/mol. The van der Waals surface area contributed by atoms with E-state index < -0.39 is 0 Å². The highest BCUT2D eigenvalue weighted by Crippen LogP contribution is 2.18. The topological polar surface area (TPSA) is 76.1 Å². The monoisotopic (exact) mass is 314 g/mol. The molecule has 0 aliphatic rings. The molecular weight excluding hydrogens is 292 g/mol. The number of amides is 1. The summed E-state index contributed by atoms with van der Waals surface area (Å²) in [6.45, 7) is 6.86. The van der Waals surface area contributed by atoms with Crippen LogP contribution in [-0.4, -0.2) is 35.1 Å². The smallest absolute Gasteiger partial charge is 0.257 e. The molecule has 6 heteroatoms. The number of nitrogens with zero attached hydrogens (tertiary/aromatic N) is 2. The fourth-order valence-electron chi connectivity index (χ4n) is 1.92. The zero-order valence-electron chi connectivity index (χ0n) is 13.7. The van der Waals surface area contributed by atoms with Crippen LogP contribution in [0.25, 0.3) is 0 Å². The molecule has 23 heavy (non-hydrogen) atoms. The average Bonchev–Trinajstić information content (AvgIpc) is 2.53. The third-order valence-corrected chi connectivity index (χ3v) is 3.03. The van der Waals surface area contributed by atoms with Crippen molar-refractivity contribution < 1.29 is 9.53 Å². The number of ether oxygens (including phenoxy) is 1. The fraction of sp³-hybridized carbons (Fsp3) is 0.353. The summed E-state index contributed by atoms with van der Waals surface area (Å²) in [5.41, 5.74) is 1.78. The Balaban J connectivity index is 1.81. The van der Waals surface area contributed by atoms with Gasteiger partial charge in [0.25, 0.3) is 11.8 Å². The molecule has 2 N–H and O–H groups in total. The Bertz CT molecular complexity index is 641. The van der Waals surface area contributed by atoms with Gasteiger partial charge in [-0.05, 0) is 32.9 Å². The second-order valence-electron chi connectivity index (χ2n) is 5.43. The van der Waals surface area contributed by atoms with Gasteiger partial charge in [-0.2, -0.15) is 0 Å². The number of hydrogen-bond acceptors (Lipinski definition) is 5. The van der Waals surface area contributed by atoms with Crippen LogP contribution in [0.2, 0.25) is 0 Å². The molecule has 0 unspecified atom stereocenters. The van der Waals surface area contributed by atoms with E-state index in [1.807, 2.05) is 45.0 Å². The number of anilines is 1. The Kier molecular flexibility index (Phi) is 5.91. The minimum Gasteiger partial charge on any atom is -0.472 e. The van der Waals surface area contributed by atoms with Gasteiger partial charge in [-0.3, -0.25) is 4.79 Å². The maximum atomic E-state index is 12.0. The molecule has 2 rings (SSSR count). The molecule has 1 heterocycles. The van der Waals surface area contributed by atoms with Gasteiger partial charge in [-0.1, -0.05) is 17.7 Å². The van der Waals surface area contributed by atoms with Crippen molar-refractivity contribution in [3.05, 3.63) is 47.8 Å². The second-order valence-corrected chi connectivity index (χ2v) is 5.43. The van der Waals surface area contributed by atoms with Crippen LogP contribution in [0, 0.1) is 6.92 Å². The van der Waals surface area contributed by atoms with E-state index in [-0.39, 0.29) is 12.0 Å². The highest BCUT2D eigenvalue weighted by molar-refractivity contribution is 5.94. The van der Waals surface area contributed by atoms with Crippen LogP contribution in [-0.2, 0) is 0 Å². The van der Waals surface area contributed by atoms with Crippen molar-refractivity contribution in [1.29, 1.82) is 0 Å². The van der Waals surface area contributed by atoms with E-state index in [4.69, 9.17) is 4.74 Å². The summed E-state index contributed by atoms with van der Waals surface area (Å²) in [6.07, 6.45) is 3.20. The lowest BCUT2D eigenvalue weighted by atomic mass is 10.1. The highest BCUT2D eigenvalue weighted by atomic mass is 16.5. The van der Waals surface area contributed by atoms with Gasteiger partial charge in [0.2, 0.25) is 0 Å². The van der Waals surface area contributed by atoms with Crippen LogP contribution in [0.1, 0.15) is 29.8 Å². The molecule has 122 valence electrons. The zero-order valence-corrected chi connectivity index (χ0v) is 13.7. The van der Waals surface area contributed by atoms with Crippen LogP contribution in [0.5, 0.6) is 5.88 Å². The van der Waals surface area contributed by atoms with Gasteiger partial charge >= 0.3 is 0 Å². The first-order valence-corrected chi connectivity index (χ1v) is 7.62. The number of aryl methyl sites for hydroxylation is 1. The molecule has 2 aromatic rings. The summed E-state index contributed by atoms with van der Waals surface area (Å²) in [7, 11) is 0. The molecule has 0 aliphatic heterocycles. The van der Waals surface area contributed by atoms with E-state index in [0.29, 0.717) is 30.4 Å². The lowest BCUT2D eigenvalue weighted by Crippen LogP contribution is -2.29. The predicted octanol–water partition coefficient (Wildman–Crippen LogP) is 2.41. The molecule has 6 nitrogen and oxygen atoms in total. The summed E-state index contributed by atoms with van der Waals surface area (Å²) in [6, 6.07) is 7.47. The van der Waals surface area contributed by atoms with Gasteiger partial charge in [0.05, 0.1) is 6.10 Å². The van der Waals surface area contributed by atoms with Crippen LogP contribution < -0.4 is 15.4 Å². The Morgan fingerprint density at radius 1 is 1.13 bits per heavy atom. The molecular formula is C17H22N4O2. The van der Waals surface area contributed by atoms with Crippen molar-refractivity contribution in [2.24, 2.45) is 0 Å². The van der Waals surface area contributed by atoms with Gasteiger partial charge in [0, 0.05) is 31.0 Å². The Morgan fingerprint density at radius 2 is 1.83 bits per heavy atom. The molecule has 0 atom stereocenters. The van der Waals surface area contributed by atoms with Gasteiger partial charge in [-0.25, -0.2) is 9.97 Å². The fourth-order valence-corrected chi connectivity index (χ4v) is 1.92.